The first-order valence-corrected chi connectivity index (χ1v) is 18.4. The summed E-state index contributed by atoms with van der Waals surface area (Å²) in [5, 5.41) is 5.18. The van der Waals surface area contributed by atoms with E-state index in [4.69, 9.17) is 9.97 Å². The molecule has 0 spiro atoms. The number of benzene rings is 8. The van der Waals surface area contributed by atoms with E-state index < -0.39 is 0 Å². The average Bonchev–Trinajstić information content (AvgIpc) is 3.65. The molecule has 2 aliphatic rings. The maximum atomic E-state index is 5.28. The molecule has 2 nitrogen and oxygen atoms in total. The lowest BCUT2D eigenvalue weighted by molar-refractivity contribution is 0.661. The minimum Gasteiger partial charge on any atom is -0.228 e. The highest BCUT2D eigenvalue weighted by atomic mass is 14.9. The van der Waals surface area contributed by atoms with Crippen LogP contribution in [0.5, 0.6) is 0 Å². The molecule has 11 rings (SSSR count). The molecular weight excluding hydrogens is 641 g/mol. The van der Waals surface area contributed by atoms with Crippen molar-refractivity contribution in [3.05, 3.63) is 181 Å². The molecule has 1 heterocycles. The molecule has 0 saturated heterocycles. The van der Waals surface area contributed by atoms with Gasteiger partial charge in [-0.1, -0.05) is 159 Å². The van der Waals surface area contributed by atoms with E-state index in [9.17, 15) is 0 Å². The van der Waals surface area contributed by atoms with Crippen LogP contribution in [0.1, 0.15) is 25.0 Å². The van der Waals surface area contributed by atoms with Crippen LogP contribution in [0.15, 0.2) is 170 Å². The lowest BCUT2D eigenvalue weighted by Gasteiger charge is -2.22. The quantitative estimate of drug-likeness (QED) is 0.186. The molecular formula is C51H34N2. The molecule has 248 valence electrons. The zero-order valence-electron chi connectivity index (χ0n) is 29.6. The second-order valence-electron chi connectivity index (χ2n) is 15.0. The molecule has 9 aromatic rings. The fraction of sp³-hybridized carbons (Fsp3) is 0.0588. The van der Waals surface area contributed by atoms with Gasteiger partial charge < -0.3 is 0 Å². The lowest BCUT2D eigenvalue weighted by atomic mass is 9.81. The Labute approximate surface area is 309 Å². The summed E-state index contributed by atoms with van der Waals surface area (Å²) in [4.78, 5) is 10.5. The zero-order valence-corrected chi connectivity index (χ0v) is 29.6. The minimum atomic E-state index is -0.133. The van der Waals surface area contributed by atoms with Gasteiger partial charge in [0.05, 0.1) is 11.4 Å². The number of nitrogens with zero attached hydrogens (tertiary/aromatic N) is 2. The standard InChI is InChI=1S/C51H34N2/c1-51(2)44-20-10-19-41(49(44)43-28-35-13-6-7-14-36(35)29-45(43)51)47-30-46(52-50(53-47)34-11-4-3-5-12-34)32-23-21-31(22-24-32)37-25-26-38-39-17-8-15-33-16-9-18-40(48(33)39)42(38)27-37/h3-30H,1-2H3. The van der Waals surface area contributed by atoms with Crippen molar-refractivity contribution in [2.75, 3.05) is 0 Å². The van der Waals surface area contributed by atoms with Gasteiger partial charge in [0.1, 0.15) is 0 Å². The van der Waals surface area contributed by atoms with E-state index in [0.717, 1.165) is 33.9 Å². The molecule has 0 N–H and O–H groups in total. The van der Waals surface area contributed by atoms with Crippen molar-refractivity contribution < 1.29 is 0 Å². The number of hydrogen-bond acceptors (Lipinski definition) is 2. The van der Waals surface area contributed by atoms with E-state index in [1.807, 2.05) is 6.07 Å². The van der Waals surface area contributed by atoms with Crippen LogP contribution in [-0.2, 0) is 5.41 Å². The van der Waals surface area contributed by atoms with E-state index in [2.05, 4.69) is 178 Å². The Morgan fingerprint density at radius 1 is 0.358 bits per heavy atom. The molecule has 0 unspecified atom stereocenters. The lowest BCUT2D eigenvalue weighted by Crippen LogP contribution is -2.14. The zero-order chi connectivity index (χ0) is 35.3. The molecule has 2 aliphatic carbocycles. The van der Waals surface area contributed by atoms with Crippen molar-refractivity contribution in [1.82, 2.24) is 9.97 Å². The predicted molar refractivity (Wildman–Crippen MR) is 221 cm³/mol. The molecule has 0 fully saturated rings. The van der Waals surface area contributed by atoms with Gasteiger partial charge in [0.2, 0.25) is 0 Å². The maximum Gasteiger partial charge on any atom is 0.160 e. The minimum absolute atomic E-state index is 0.133. The van der Waals surface area contributed by atoms with E-state index >= 15 is 0 Å². The molecule has 0 bridgehead atoms. The third-order valence-corrected chi connectivity index (χ3v) is 11.6. The molecule has 0 radical (unpaired) electrons. The third kappa shape index (κ3) is 4.52. The molecule has 0 amide bonds. The van der Waals surface area contributed by atoms with E-state index in [1.54, 1.807) is 0 Å². The number of aromatic nitrogens is 2. The fourth-order valence-corrected chi connectivity index (χ4v) is 8.94. The molecule has 0 aliphatic heterocycles. The summed E-state index contributed by atoms with van der Waals surface area (Å²) in [6.45, 7) is 4.69. The van der Waals surface area contributed by atoms with Crippen LogP contribution in [-0.4, -0.2) is 9.97 Å². The molecule has 1 aromatic heterocycles. The van der Waals surface area contributed by atoms with Gasteiger partial charge in [-0.15, -0.1) is 0 Å². The maximum absolute atomic E-state index is 5.28. The molecule has 8 aromatic carbocycles. The van der Waals surface area contributed by atoms with Crippen LogP contribution >= 0.6 is 0 Å². The predicted octanol–water partition coefficient (Wildman–Crippen LogP) is 13.4. The molecule has 53 heavy (non-hydrogen) atoms. The van der Waals surface area contributed by atoms with Gasteiger partial charge in [0.15, 0.2) is 5.82 Å². The van der Waals surface area contributed by atoms with Crippen molar-refractivity contribution in [3.63, 3.8) is 0 Å². The van der Waals surface area contributed by atoms with Crippen LogP contribution in [0.2, 0.25) is 0 Å². The summed E-state index contributed by atoms with van der Waals surface area (Å²) in [6.07, 6.45) is 0. The van der Waals surface area contributed by atoms with Gasteiger partial charge in [0, 0.05) is 22.1 Å². The second-order valence-corrected chi connectivity index (χ2v) is 15.0. The van der Waals surface area contributed by atoms with Gasteiger partial charge in [-0.05, 0) is 101 Å². The SMILES string of the molecule is CC1(C)c2cc3ccccc3cc2-c2c(-c3cc(-c4ccc(-c5ccc6c(c5)-c5cccc7cccc-6c57)cc4)nc(-c4ccccc4)n3)cccc21. The number of hydrogen-bond donors (Lipinski definition) is 0. The average molecular weight is 675 g/mol. The summed E-state index contributed by atoms with van der Waals surface area (Å²) in [6, 6.07) is 61.7. The number of rotatable bonds is 4. The number of fused-ring (bicyclic) bond motifs is 7. The molecule has 0 atom stereocenters. The fourth-order valence-electron chi connectivity index (χ4n) is 8.94. The largest absolute Gasteiger partial charge is 0.228 e. The highest BCUT2D eigenvalue weighted by Gasteiger charge is 2.37. The summed E-state index contributed by atoms with van der Waals surface area (Å²) in [5.74, 6) is 0.725. The summed E-state index contributed by atoms with van der Waals surface area (Å²) in [5.41, 5.74) is 17.8. The Bertz CT molecular complexity index is 2950. The van der Waals surface area contributed by atoms with Crippen LogP contribution in [0.25, 0.3) is 100.0 Å². The van der Waals surface area contributed by atoms with E-state index in [-0.39, 0.29) is 5.41 Å². The first-order chi connectivity index (χ1) is 26.0. The van der Waals surface area contributed by atoms with E-state index in [0.29, 0.717) is 0 Å². The van der Waals surface area contributed by atoms with Crippen LogP contribution < -0.4 is 0 Å². The second kappa shape index (κ2) is 11.2. The molecule has 0 saturated carbocycles. The monoisotopic (exact) mass is 674 g/mol. The Morgan fingerprint density at radius 2 is 0.981 bits per heavy atom. The normalized spacial score (nSPS) is 13.2. The summed E-state index contributed by atoms with van der Waals surface area (Å²) < 4.78 is 0. The first kappa shape index (κ1) is 30.0. The smallest absolute Gasteiger partial charge is 0.160 e. The van der Waals surface area contributed by atoms with Crippen LogP contribution in [0.4, 0.5) is 0 Å². The first-order valence-electron chi connectivity index (χ1n) is 18.4. The summed E-state index contributed by atoms with van der Waals surface area (Å²) >= 11 is 0. The Hall–Kier alpha value is -6.64. The highest BCUT2D eigenvalue weighted by molar-refractivity contribution is 6.15. The van der Waals surface area contributed by atoms with Gasteiger partial charge in [0.25, 0.3) is 0 Å². The molecule has 2 heteroatoms. The summed E-state index contributed by atoms with van der Waals surface area (Å²) in [7, 11) is 0. The Kier molecular flexibility index (Phi) is 6.33. The van der Waals surface area contributed by atoms with Gasteiger partial charge in [-0.25, -0.2) is 9.97 Å². The van der Waals surface area contributed by atoms with Gasteiger partial charge >= 0.3 is 0 Å². The topological polar surface area (TPSA) is 25.8 Å². The van der Waals surface area contributed by atoms with Gasteiger partial charge in [-0.3, -0.25) is 0 Å². The Balaban J connectivity index is 1.04. The Morgan fingerprint density at radius 3 is 1.77 bits per heavy atom. The van der Waals surface area contributed by atoms with Crippen molar-refractivity contribution >= 4 is 21.5 Å². The van der Waals surface area contributed by atoms with Crippen molar-refractivity contribution in [2.45, 2.75) is 19.3 Å². The van der Waals surface area contributed by atoms with Crippen LogP contribution in [0, 0.1) is 0 Å². The van der Waals surface area contributed by atoms with Gasteiger partial charge in [-0.2, -0.15) is 0 Å². The highest BCUT2D eigenvalue weighted by Crippen LogP contribution is 2.53. The van der Waals surface area contributed by atoms with Crippen molar-refractivity contribution in [3.8, 4) is 78.4 Å². The van der Waals surface area contributed by atoms with Crippen LogP contribution in [0.3, 0.4) is 0 Å². The van der Waals surface area contributed by atoms with Crippen molar-refractivity contribution in [2.24, 2.45) is 0 Å². The third-order valence-electron chi connectivity index (χ3n) is 11.6. The van der Waals surface area contributed by atoms with Crippen molar-refractivity contribution in [1.29, 1.82) is 0 Å². The van der Waals surface area contributed by atoms with E-state index in [1.165, 1.54) is 77.2 Å².